The van der Waals surface area contributed by atoms with E-state index in [1.54, 1.807) is 0 Å². The topological polar surface area (TPSA) is 42.1 Å². The number of para-hydroxylation sites is 1. The zero-order chi connectivity index (χ0) is 14.1. The zero-order valence-electron chi connectivity index (χ0n) is 12.1. The van der Waals surface area contributed by atoms with Crippen molar-refractivity contribution >= 4 is 11.4 Å². The van der Waals surface area contributed by atoms with E-state index in [-0.39, 0.29) is 6.04 Å². The van der Waals surface area contributed by atoms with Gasteiger partial charge in [0, 0.05) is 18.3 Å². The highest BCUT2D eigenvalue weighted by atomic mass is 15.2. The molecule has 3 rings (SSSR count). The van der Waals surface area contributed by atoms with Gasteiger partial charge in [0.2, 0.25) is 0 Å². The van der Waals surface area contributed by atoms with Crippen LogP contribution in [0.25, 0.3) is 0 Å². The van der Waals surface area contributed by atoms with Gasteiger partial charge in [-0.2, -0.15) is 0 Å². The predicted molar refractivity (Wildman–Crippen MR) is 83.2 cm³/mol. The summed E-state index contributed by atoms with van der Waals surface area (Å²) in [6.07, 6.45) is 3.09. The Balaban J connectivity index is 1.97. The maximum atomic E-state index is 5.86. The Morgan fingerprint density at radius 3 is 2.75 bits per heavy atom. The highest BCUT2D eigenvalue weighted by Crippen LogP contribution is 2.34. The lowest BCUT2D eigenvalue weighted by Gasteiger charge is -2.34. The van der Waals surface area contributed by atoms with E-state index in [2.05, 4.69) is 47.1 Å². The molecule has 1 aromatic carbocycles. The van der Waals surface area contributed by atoms with Crippen molar-refractivity contribution in [2.45, 2.75) is 26.3 Å². The smallest absolute Gasteiger partial charge is 0.0597 e. The first kappa shape index (κ1) is 13.1. The van der Waals surface area contributed by atoms with E-state index in [4.69, 9.17) is 5.73 Å². The monoisotopic (exact) mass is 267 g/mol. The van der Waals surface area contributed by atoms with Crippen LogP contribution in [-0.4, -0.2) is 11.5 Å². The standard InChI is InChI=1S/C17H21N3/c1-12-9-14-5-3-4-6-17(14)20(11-12)15-7-8-16(13(2)18)19-10-15/h3-8,10,12-13H,9,11,18H2,1-2H3/t12?,13-/m0/s1. The number of fused-ring (bicyclic) bond motifs is 1. The van der Waals surface area contributed by atoms with Gasteiger partial charge in [0.25, 0.3) is 0 Å². The maximum absolute atomic E-state index is 5.86. The molecule has 0 saturated heterocycles. The van der Waals surface area contributed by atoms with Gasteiger partial charge in [0.1, 0.15) is 0 Å². The molecule has 104 valence electrons. The van der Waals surface area contributed by atoms with Crippen LogP contribution in [0.1, 0.15) is 31.1 Å². The van der Waals surface area contributed by atoms with Crippen molar-refractivity contribution in [1.82, 2.24) is 4.98 Å². The molecule has 2 aromatic rings. The number of pyridine rings is 1. The Kier molecular flexibility index (Phi) is 3.45. The van der Waals surface area contributed by atoms with E-state index in [0.29, 0.717) is 5.92 Å². The van der Waals surface area contributed by atoms with Gasteiger partial charge < -0.3 is 10.6 Å². The molecule has 2 N–H and O–H groups in total. The Bertz CT molecular complexity index is 589. The lowest BCUT2D eigenvalue weighted by Crippen LogP contribution is -2.30. The second kappa shape index (κ2) is 5.25. The Labute approximate surface area is 120 Å². The van der Waals surface area contributed by atoms with Crippen LogP contribution >= 0.6 is 0 Å². The highest BCUT2D eigenvalue weighted by Gasteiger charge is 2.22. The van der Waals surface area contributed by atoms with E-state index in [1.165, 1.54) is 11.3 Å². The maximum Gasteiger partial charge on any atom is 0.0597 e. The summed E-state index contributed by atoms with van der Waals surface area (Å²) in [5.74, 6) is 0.651. The summed E-state index contributed by atoms with van der Waals surface area (Å²) in [5.41, 5.74) is 10.7. The minimum Gasteiger partial charge on any atom is -0.340 e. The van der Waals surface area contributed by atoms with Crippen LogP contribution < -0.4 is 10.6 Å². The average Bonchev–Trinajstić information content (AvgIpc) is 2.46. The van der Waals surface area contributed by atoms with Crippen molar-refractivity contribution in [1.29, 1.82) is 0 Å². The van der Waals surface area contributed by atoms with Gasteiger partial charge in [-0.3, -0.25) is 4.98 Å². The van der Waals surface area contributed by atoms with Crippen molar-refractivity contribution in [3.8, 4) is 0 Å². The summed E-state index contributed by atoms with van der Waals surface area (Å²) in [6.45, 7) is 5.29. The summed E-state index contributed by atoms with van der Waals surface area (Å²) in [7, 11) is 0. The number of aromatic nitrogens is 1. The Morgan fingerprint density at radius 1 is 1.25 bits per heavy atom. The largest absolute Gasteiger partial charge is 0.340 e. The van der Waals surface area contributed by atoms with Crippen LogP contribution in [0.4, 0.5) is 11.4 Å². The molecule has 2 atom stereocenters. The molecule has 1 aliphatic rings. The second-order valence-electron chi connectivity index (χ2n) is 5.78. The Hall–Kier alpha value is -1.87. The molecule has 0 fully saturated rings. The number of anilines is 2. The lowest BCUT2D eigenvalue weighted by atomic mass is 9.93. The van der Waals surface area contributed by atoms with E-state index in [9.17, 15) is 0 Å². The minimum absolute atomic E-state index is 0.0170. The third-order valence-electron chi connectivity index (χ3n) is 3.89. The number of hydrogen-bond acceptors (Lipinski definition) is 3. The van der Waals surface area contributed by atoms with Crippen LogP contribution in [0.3, 0.4) is 0 Å². The fraction of sp³-hybridized carbons (Fsp3) is 0.353. The second-order valence-corrected chi connectivity index (χ2v) is 5.78. The third-order valence-corrected chi connectivity index (χ3v) is 3.89. The van der Waals surface area contributed by atoms with Crippen molar-refractivity contribution in [3.63, 3.8) is 0 Å². The first-order chi connectivity index (χ1) is 9.65. The number of nitrogens with two attached hydrogens (primary N) is 1. The molecule has 2 heterocycles. The fourth-order valence-electron chi connectivity index (χ4n) is 2.87. The molecule has 20 heavy (non-hydrogen) atoms. The van der Waals surface area contributed by atoms with Gasteiger partial charge in [-0.05, 0) is 43.0 Å². The molecule has 0 saturated carbocycles. The lowest BCUT2D eigenvalue weighted by molar-refractivity contribution is 0.562. The van der Waals surface area contributed by atoms with Crippen LogP contribution in [0.2, 0.25) is 0 Å². The molecular weight excluding hydrogens is 246 g/mol. The van der Waals surface area contributed by atoms with E-state index in [1.807, 2.05) is 19.2 Å². The number of rotatable bonds is 2. The molecule has 0 bridgehead atoms. The van der Waals surface area contributed by atoms with E-state index in [0.717, 1.165) is 24.3 Å². The summed E-state index contributed by atoms with van der Waals surface area (Å²) >= 11 is 0. The normalized spacial score (nSPS) is 19.6. The fourth-order valence-corrected chi connectivity index (χ4v) is 2.87. The van der Waals surface area contributed by atoms with Crippen molar-refractivity contribution < 1.29 is 0 Å². The van der Waals surface area contributed by atoms with Crippen LogP contribution in [0, 0.1) is 5.92 Å². The van der Waals surface area contributed by atoms with E-state index >= 15 is 0 Å². The average molecular weight is 267 g/mol. The minimum atomic E-state index is -0.0170. The quantitative estimate of drug-likeness (QED) is 0.906. The predicted octanol–water partition coefficient (Wildman–Crippen LogP) is 3.43. The number of benzene rings is 1. The molecule has 0 radical (unpaired) electrons. The van der Waals surface area contributed by atoms with Crippen LogP contribution in [-0.2, 0) is 6.42 Å². The van der Waals surface area contributed by atoms with Gasteiger partial charge in [0.05, 0.1) is 17.6 Å². The molecule has 1 unspecified atom stereocenters. The highest BCUT2D eigenvalue weighted by molar-refractivity contribution is 5.67. The van der Waals surface area contributed by atoms with Crippen LogP contribution in [0.5, 0.6) is 0 Å². The van der Waals surface area contributed by atoms with Gasteiger partial charge in [0.15, 0.2) is 0 Å². The van der Waals surface area contributed by atoms with Crippen LogP contribution in [0.15, 0.2) is 42.6 Å². The first-order valence-corrected chi connectivity index (χ1v) is 7.22. The molecule has 3 heteroatoms. The summed E-state index contributed by atoms with van der Waals surface area (Å²) < 4.78 is 0. The molecule has 0 aliphatic carbocycles. The zero-order valence-corrected chi connectivity index (χ0v) is 12.1. The van der Waals surface area contributed by atoms with Crippen molar-refractivity contribution in [2.24, 2.45) is 11.7 Å². The molecule has 0 amide bonds. The van der Waals surface area contributed by atoms with Gasteiger partial charge in [-0.1, -0.05) is 25.1 Å². The summed E-state index contributed by atoms with van der Waals surface area (Å²) in [4.78, 5) is 6.85. The molecule has 1 aliphatic heterocycles. The van der Waals surface area contributed by atoms with Gasteiger partial charge in [-0.15, -0.1) is 0 Å². The van der Waals surface area contributed by atoms with Gasteiger partial charge in [-0.25, -0.2) is 0 Å². The molecule has 1 aromatic heterocycles. The summed E-state index contributed by atoms with van der Waals surface area (Å²) in [5, 5.41) is 0. The Morgan fingerprint density at radius 2 is 2.05 bits per heavy atom. The number of hydrogen-bond donors (Lipinski definition) is 1. The summed E-state index contributed by atoms with van der Waals surface area (Å²) in [6, 6.07) is 12.8. The SMILES string of the molecule is CC1Cc2ccccc2N(c2ccc([C@H](C)N)nc2)C1. The van der Waals surface area contributed by atoms with Crippen molar-refractivity contribution in [2.75, 3.05) is 11.4 Å². The number of nitrogens with zero attached hydrogens (tertiary/aromatic N) is 2. The van der Waals surface area contributed by atoms with Gasteiger partial charge >= 0.3 is 0 Å². The third kappa shape index (κ3) is 2.41. The van der Waals surface area contributed by atoms with E-state index < -0.39 is 0 Å². The van der Waals surface area contributed by atoms with Crippen molar-refractivity contribution in [3.05, 3.63) is 53.9 Å². The molecule has 0 spiro atoms. The molecule has 3 nitrogen and oxygen atoms in total. The molecular formula is C17H21N3. The first-order valence-electron chi connectivity index (χ1n) is 7.22.